The highest BCUT2D eigenvalue weighted by atomic mass is 32.2. The van der Waals surface area contributed by atoms with Crippen molar-refractivity contribution in [2.45, 2.75) is 13.8 Å². The maximum Gasteiger partial charge on any atom is 0.266 e. The van der Waals surface area contributed by atoms with Crippen LogP contribution in [-0.2, 0) is 4.79 Å². The van der Waals surface area contributed by atoms with E-state index in [1.54, 1.807) is 4.90 Å². The van der Waals surface area contributed by atoms with Crippen molar-refractivity contribution in [2.75, 3.05) is 6.54 Å². The number of likely N-dealkylation sites (N-methyl/N-ethyl adjacent to an activating group) is 1. The summed E-state index contributed by atoms with van der Waals surface area (Å²) in [6.45, 7) is 4.58. The Morgan fingerprint density at radius 3 is 2.86 bits per heavy atom. The lowest BCUT2D eigenvalue weighted by atomic mass is 10.1. The number of hydrogen-bond donors (Lipinski definition) is 0. The molecule has 3 nitrogen and oxygen atoms in total. The molecule has 2 aromatic rings. The molecule has 0 atom stereocenters. The van der Waals surface area contributed by atoms with Gasteiger partial charge >= 0.3 is 0 Å². The summed E-state index contributed by atoms with van der Waals surface area (Å²) in [5, 5.41) is 1.10. The molecule has 1 aliphatic heterocycles. The van der Waals surface area contributed by atoms with Gasteiger partial charge in [0.2, 0.25) is 0 Å². The number of pyridine rings is 1. The van der Waals surface area contributed by atoms with Crippen molar-refractivity contribution in [3.63, 3.8) is 0 Å². The fraction of sp³-hybridized carbons (Fsp3) is 0.188. The third kappa shape index (κ3) is 2.71. The van der Waals surface area contributed by atoms with Crippen molar-refractivity contribution in [3.05, 3.63) is 46.5 Å². The van der Waals surface area contributed by atoms with Crippen molar-refractivity contribution < 1.29 is 4.79 Å². The first-order valence-corrected chi connectivity index (χ1v) is 7.94. The van der Waals surface area contributed by atoms with Gasteiger partial charge in [0, 0.05) is 11.9 Å². The van der Waals surface area contributed by atoms with Gasteiger partial charge in [-0.05, 0) is 38.1 Å². The molecule has 1 aliphatic rings. The van der Waals surface area contributed by atoms with Crippen molar-refractivity contribution in [1.82, 2.24) is 9.88 Å². The Hall–Kier alpha value is -1.72. The summed E-state index contributed by atoms with van der Waals surface area (Å²) >= 11 is 6.55. The molecule has 0 bridgehead atoms. The number of rotatable bonds is 2. The summed E-state index contributed by atoms with van der Waals surface area (Å²) in [7, 11) is 0. The van der Waals surface area contributed by atoms with Crippen LogP contribution in [0.25, 0.3) is 17.0 Å². The maximum absolute atomic E-state index is 12.2. The molecule has 21 heavy (non-hydrogen) atoms. The summed E-state index contributed by atoms with van der Waals surface area (Å²) in [6.07, 6.45) is 1.81. The standard InChI is InChI=1S/C16H14N2OS2/c1-3-18-15(19)14(21-16(18)20)9-12-6-5-11-8-10(2)4-7-13(11)17-12/h4-9H,3H2,1-2H3/b14-9-. The molecule has 0 saturated carbocycles. The van der Waals surface area contributed by atoms with Gasteiger partial charge in [-0.3, -0.25) is 9.69 Å². The van der Waals surface area contributed by atoms with E-state index in [9.17, 15) is 4.79 Å². The van der Waals surface area contributed by atoms with Gasteiger partial charge in [0.15, 0.2) is 0 Å². The Balaban J connectivity index is 1.98. The molecule has 1 amide bonds. The average Bonchev–Trinajstić information content (AvgIpc) is 2.73. The lowest BCUT2D eigenvalue weighted by Crippen LogP contribution is -2.27. The van der Waals surface area contributed by atoms with Gasteiger partial charge in [0.25, 0.3) is 5.91 Å². The number of hydrogen-bond acceptors (Lipinski definition) is 4. The third-order valence-corrected chi connectivity index (χ3v) is 4.71. The first kappa shape index (κ1) is 14.2. The van der Waals surface area contributed by atoms with Crippen LogP contribution in [0.1, 0.15) is 18.2 Å². The number of aromatic nitrogens is 1. The number of carbonyl (C=O) groups is 1. The van der Waals surface area contributed by atoms with Gasteiger partial charge in [0.1, 0.15) is 4.32 Å². The smallest absolute Gasteiger partial charge is 0.266 e. The Bertz CT molecular complexity index is 783. The summed E-state index contributed by atoms with van der Waals surface area (Å²) in [5.41, 5.74) is 2.92. The Morgan fingerprint density at radius 1 is 1.33 bits per heavy atom. The summed E-state index contributed by atoms with van der Waals surface area (Å²) < 4.78 is 0.616. The van der Waals surface area contributed by atoms with E-state index in [4.69, 9.17) is 12.2 Å². The van der Waals surface area contributed by atoms with Crippen LogP contribution in [-0.4, -0.2) is 26.7 Å². The van der Waals surface area contributed by atoms with E-state index < -0.39 is 0 Å². The molecule has 1 fully saturated rings. The molecule has 5 heteroatoms. The largest absolute Gasteiger partial charge is 0.293 e. The first-order chi connectivity index (χ1) is 10.1. The van der Waals surface area contributed by atoms with E-state index in [1.807, 2.05) is 37.3 Å². The molecule has 1 aromatic heterocycles. The Morgan fingerprint density at radius 2 is 2.14 bits per heavy atom. The van der Waals surface area contributed by atoms with Gasteiger partial charge in [-0.1, -0.05) is 41.7 Å². The molecule has 0 radical (unpaired) electrons. The van der Waals surface area contributed by atoms with Crippen LogP contribution in [0.15, 0.2) is 35.2 Å². The van der Waals surface area contributed by atoms with Gasteiger partial charge in [-0.15, -0.1) is 0 Å². The molecule has 106 valence electrons. The van der Waals surface area contributed by atoms with Gasteiger partial charge < -0.3 is 0 Å². The summed E-state index contributed by atoms with van der Waals surface area (Å²) in [5.74, 6) is -0.0293. The number of fused-ring (bicyclic) bond motifs is 1. The number of thiocarbonyl (C=S) groups is 1. The van der Waals surface area contributed by atoms with Gasteiger partial charge in [0.05, 0.1) is 16.1 Å². The molecule has 1 aromatic carbocycles. The number of amides is 1. The van der Waals surface area contributed by atoms with Crippen LogP contribution in [0, 0.1) is 6.92 Å². The van der Waals surface area contributed by atoms with Crippen LogP contribution >= 0.6 is 24.0 Å². The minimum absolute atomic E-state index is 0.0293. The zero-order valence-electron chi connectivity index (χ0n) is 11.8. The number of carbonyl (C=O) groups excluding carboxylic acids is 1. The topological polar surface area (TPSA) is 33.2 Å². The number of thioether (sulfide) groups is 1. The van der Waals surface area contributed by atoms with E-state index in [0.717, 1.165) is 16.6 Å². The predicted octanol–water partition coefficient (Wildman–Crippen LogP) is 3.76. The van der Waals surface area contributed by atoms with Crippen molar-refractivity contribution in [2.24, 2.45) is 0 Å². The number of benzene rings is 1. The average molecular weight is 314 g/mol. The third-order valence-electron chi connectivity index (χ3n) is 3.34. The summed E-state index contributed by atoms with van der Waals surface area (Å²) in [4.78, 5) is 19.0. The quantitative estimate of drug-likeness (QED) is 0.624. The minimum atomic E-state index is -0.0293. The molecule has 0 aliphatic carbocycles. The van der Waals surface area contributed by atoms with E-state index in [-0.39, 0.29) is 5.91 Å². The van der Waals surface area contributed by atoms with Gasteiger partial charge in [-0.25, -0.2) is 4.98 Å². The normalized spacial score (nSPS) is 17.2. The van der Waals surface area contributed by atoms with Crippen molar-refractivity contribution in [1.29, 1.82) is 0 Å². The van der Waals surface area contributed by atoms with Crippen LogP contribution < -0.4 is 0 Å². The second-order valence-corrected chi connectivity index (χ2v) is 6.53. The van der Waals surface area contributed by atoms with E-state index in [1.165, 1.54) is 17.3 Å². The molecule has 3 rings (SSSR count). The zero-order chi connectivity index (χ0) is 15.0. The predicted molar refractivity (Wildman–Crippen MR) is 92.0 cm³/mol. The lowest BCUT2D eigenvalue weighted by Gasteiger charge is -2.09. The van der Waals surface area contributed by atoms with Crippen molar-refractivity contribution >= 4 is 51.2 Å². The maximum atomic E-state index is 12.2. The second kappa shape index (κ2) is 5.58. The molecular formula is C16H14N2OS2. The fourth-order valence-corrected chi connectivity index (χ4v) is 3.62. The zero-order valence-corrected chi connectivity index (χ0v) is 13.4. The molecule has 0 N–H and O–H groups in total. The van der Waals surface area contributed by atoms with Crippen LogP contribution in [0.2, 0.25) is 0 Å². The van der Waals surface area contributed by atoms with Crippen molar-refractivity contribution in [3.8, 4) is 0 Å². The Kier molecular flexibility index (Phi) is 3.78. The highest BCUT2D eigenvalue weighted by Crippen LogP contribution is 2.32. The molecule has 0 spiro atoms. The van der Waals surface area contributed by atoms with Gasteiger partial charge in [-0.2, -0.15) is 0 Å². The fourth-order valence-electron chi connectivity index (χ4n) is 2.25. The van der Waals surface area contributed by atoms with Crippen LogP contribution in [0.3, 0.4) is 0 Å². The molecular weight excluding hydrogens is 300 g/mol. The molecule has 1 saturated heterocycles. The number of aryl methyl sites for hydroxylation is 1. The van der Waals surface area contributed by atoms with Crippen LogP contribution in [0.5, 0.6) is 0 Å². The monoisotopic (exact) mass is 314 g/mol. The highest BCUT2D eigenvalue weighted by Gasteiger charge is 2.30. The number of nitrogens with zero attached hydrogens (tertiary/aromatic N) is 2. The van der Waals surface area contributed by atoms with Crippen LogP contribution in [0.4, 0.5) is 0 Å². The molecule has 0 unspecified atom stereocenters. The summed E-state index contributed by atoms with van der Waals surface area (Å²) in [6, 6.07) is 10.1. The SMILES string of the molecule is CCN1C(=O)/C(=C/c2ccc3cc(C)ccc3n2)SC1=S. The second-order valence-electron chi connectivity index (χ2n) is 4.86. The van der Waals surface area contributed by atoms with E-state index >= 15 is 0 Å². The highest BCUT2D eigenvalue weighted by molar-refractivity contribution is 8.26. The minimum Gasteiger partial charge on any atom is -0.293 e. The Labute approximate surface area is 133 Å². The molecule has 2 heterocycles. The first-order valence-electron chi connectivity index (χ1n) is 6.71. The lowest BCUT2D eigenvalue weighted by molar-refractivity contribution is -0.121. The van der Waals surface area contributed by atoms with E-state index in [2.05, 4.69) is 18.0 Å². The van der Waals surface area contributed by atoms with E-state index in [0.29, 0.717) is 15.8 Å².